The van der Waals surface area contributed by atoms with Crippen LogP contribution in [0.4, 0.5) is 5.69 Å². The van der Waals surface area contributed by atoms with Crippen LogP contribution in [0.25, 0.3) is 32.7 Å². The molecule has 0 amide bonds. The Labute approximate surface area is 248 Å². The summed E-state index contributed by atoms with van der Waals surface area (Å²) in [5.74, 6) is 0. The van der Waals surface area contributed by atoms with Gasteiger partial charge in [0.25, 0.3) is 0 Å². The first-order valence-electron chi connectivity index (χ1n) is 14.3. The molecular weight excluding hydrogens is 529 g/mol. The maximum absolute atomic E-state index is 15.2. The van der Waals surface area contributed by atoms with Crippen molar-refractivity contribution >= 4 is 34.4 Å². The summed E-state index contributed by atoms with van der Waals surface area (Å²) in [6, 6.07) is 25.8. The average Bonchev–Trinajstić information content (AvgIpc) is 3.04. The van der Waals surface area contributed by atoms with Crippen LogP contribution in [0, 0.1) is 0 Å². The smallest absolute Gasteiger partial charge is 0.150 e. The van der Waals surface area contributed by atoms with Gasteiger partial charge in [-0.25, -0.2) is 0 Å². The van der Waals surface area contributed by atoms with Crippen molar-refractivity contribution in [2.24, 2.45) is 0 Å². The van der Waals surface area contributed by atoms with Gasteiger partial charge in [0.15, 0.2) is 0 Å². The number of benzene rings is 4. The molecule has 1 aliphatic heterocycles. The normalized spacial score (nSPS) is 19.6. The van der Waals surface area contributed by atoms with Crippen molar-refractivity contribution in [1.29, 1.82) is 0 Å². The van der Waals surface area contributed by atoms with Crippen LogP contribution in [-0.4, -0.2) is 5.66 Å². The minimum Gasteiger partial charge on any atom is -0.374 e. The molecule has 3 unspecified atom stereocenters. The highest BCUT2D eigenvalue weighted by atomic mass is 31.2. The van der Waals surface area contributed by atoms with E-state index in [1.807, 2.05) is 36.5 Å². The number of hydrogen-bond donors (Lipinski definition) is 1. The summed E-state index contributed by atoms with van der Waals surface area (Å²) in [6.45, 7) is 11.9. The summed E-state index contributed by atoms with van der Waals surface area (Å²) >= 11 is 0. The Morgan fingerprint density at radius 3 is 2.26 bits per heavy atom. The zero-order valence-corrected chi connectivity index (χ0v) is 24.5. The highest BCUT2D eigenvalue weighted by Crippen LogP contribution is 2.67. The van der Waals surface area contributed by atoms with Gasteiger partial charge >= 0.3 is 0 Å². The van der Waals surface area contributed by atoms with Crippen molar-refractivity contribution in [2.75, 3.05) is 5.32 Å². The Hall–Kier alpha value is -4.65. The van der Waals surface area contributed by atoms with E-state index in [0.29, 0.717) is 11.7 Å². The average molecular weight is 564 g/mol. The van der Waals surface area contributed by atoms with Gasteiger partial charge in [-0.15, -0.1) is 0 Å². The highest BCUT2D eigenvalue weighted by molar-refractivity contribution is 7.73. The largest absolute Gasteiger partial charge is 0.374 e. The van der Waals surface area contributed by atoms with E-state index in [2.05, 4.69) is 110 Å². The quantitative estimate of drug-likeness (QED) is 0.171. The van der Waals surface area contributed by atoms with Gasteiger partial charge < -0.3 is 9.88 Å². The lowest BCUT2D eigenvalue weighted by Gasteiger charge is -2.31. The molecule has 0 bridgehead atoms. The minimum atomic E-state index is -3.13. The van der Waals surface area contributed by atoms with Crippen molar-refractivity contribution in [3.8, 4) is 11.1 Å². The van der Waals surface area contributed by atoms with Crippen LogP contribution in [-0.2, 0) is 4.57 Å². The second-order valence-electron chi connectivity index (χ2n) is 10.6. The van der Waals surface area contributed by atoms with Crippen molar-refractivity contribution in [2.45, 2.75) is 18.1 Å². The molecule has 206 valence electrons. The van der Waals surface area contributed by atoms with Crippen LogP contribution >= 0.6 is 7.14 Å². The molecule has 1 N–H and O–H groups in total. The van der Waals surface area contributed by atoms with Gasteiger partial charge in [0.2, 0.25) is 0 Å². The number of rotatable bonds is 8. The molecule has 0 aromatic heterocycles. The molecular formula is C39H34NOP. The second-order valence-corrected chi connectivity index (χ2v) is 13.6. The van der Waals surface area contributed by atoms with Gasteiger partial charge in [-0.05, 0) is 51.2 Å². The predicted octanol–water partition coefficient (Wildman–Crippen LogP) is 11.3. The van der Waals surface area contributed by atoms with Crippen LogP contribution in [0.2, 0.25) is 0 Å². The van der Waals surface area contributed by atoms with Crippen LogP contribution in [0.3, 0.4) is 0 Å². The Kier molecular flexibility index (Phi) is 7.66. The fraction of sp³-hybridized carbons (Fsp3) is 0.0769. The SMILES string of the molecule is C=C/C=C(\C=C)P(=O)(C(/C=C/C1Nc2cc3ccccc3cc2-c2c1ccc1ccccc21)=C/C=C)C1C=CC=CC1. The van der Waals surface area contributed by atoms with Crippen LogP contribution in [0.5, 0.6) is 0 Å². The molecule has 42 heavy (non-hydrogen) atoms. The summed E-state index contributed by atoms with van der Waals surface area (Å²) in [5, 5.41) is 10.1. The van der Waals surface area contributed by atoms with Crippen molar-refractivity contribution < 1.29 is 4.57 Å². The number of hydrogen-bond acceptors (Lipinski definition) is 2. The van der Waals surface area contributed by atoms with Gasteiger partial charge in [-0.1, -0.05) is 147 Å². The molecule has 1 heterocycles. The van der Waals surface area contributed by atoms with E-state index in [0.717, 1.165) is 11.0 Å². The molecule has 3 heteroatoms. The molecule has 4 aromatic rings. The highest BCUT2D eigenvalue weighted by Gasteiger charge is 2.36. The molecule has 0 saturated heterocycles. The molecule has 1 aliphatic carbocycles. The van der Waals surface area contributed by atoms with E-state index >= 15 is 4.57 Å². The van der Waals surface area contributed by atoms with Crippen molar-refractivity contribution in [3.05, 3.63) is 176 Å². The van der Waals surface area contributed by atoms with Gasteiger partial charge in [-0.2, -0.15) is 0 Å². The molecule has 2 aliphatic rings. The van der Waals surface area contributed by atoms with Gasteiger partial charge in [0.1, 0.15) is 7.14 Å². The third-order valence-electron chi connectivity index (χ3n) is 8.20. The lowest BCUT2D eigenvalue weighted by Crippen LogP contribution is -2.16. The number of anilines is 1. The van der Waals surface area contributed by atoms with Gasteiger partial charge in [0.05, 0.1) is 6.04 Å². The third kappa shape index (κ3) is 4.79. The maximum Gasteiger partial charge on any atom is 0.150 e. The Morgan fingerprint density at radius 2 is 1.55 bits per heavy atom. The lowest BCUT2D eigenvalue weighted by atomic mass is 9.85. The van der Waals surface area contributed by atoms with E-state index in [1.54, 1.807) is 18.2 Å². The molecule has 0 spiro atoms. The summed E-state index contributed by atoms with van der Waals surface area (Å²) in [5.41, 5.74) is 4.53. The topological polar surface area (TPSA) is 29.1 Å². The van der Waals surface area contributed by atoms with E-state index in [9.17, 15) is 0 Å². The number of nitrogens with one attached hydrogen (secondary N) is 1. The van der Waals surface area contributed by atoms with E-state index in [-0.39, 0.29) is 11.7 Å². The van der Waals surface area contributed by atoms with Crippen molar-refractivity contribution in [3.63, 3.8) is 0 Å². The lowest BCUT2D eigenvalue weighted by molar-refractivity contribution is 0.578. The molecule has 6 rings (SSSR count). The minimum absolute atomic E-state index is 0.128. The Morgan fingerprint density at radius 1 is 0.833 bits per heavy atom. The maximum atomic E-state index is 15.2. The molecule has 0 saturated carbocycles. The number of allylic oxidation sites excluding steroid dienone is 12. The second kappa shape index (κ2) is 11.7. The van der Waals surface area contributed by atoms with Crippen LogP contribution < -0.4 is 5.32 Å². The molecule has 0 radical (unpaired) electrons. The molecule has 4 aromatic carbocycles. The summed E-state index contributed by atoms with van der Waals surface area (Å²) in [6.07, 6.45) is 21.8. The van der Waals surface area contributed by atoms with Gasteiger partial charge in [0, 0.05) is 27.5 Å². The van der Waals surface area contributed by atoms with Crippen LogP contribution in [0.15, 0.2) is 170 Å². The summed E-state index contributed by atoms with van der Waals surface area (Å²) in [4.78, 5) is 0. The molecule has 0 fully saturated rings. The zero-order chi connectivity index (χ0) is 29.1. The van der Waals surface area contributed by atoms with Crippen LogP contribution in [0.1, 0.15) is 18.0 Å². The fourth-order valence-electron chi connectivity index (χ4n) is 6.21. The standard InChI is InChI=1S/C39H34NOP/c1-4-14-31(6-3)42(41,33-19-8-7-9-20-33)32(15-5-2)23-25-37-35-24-22-28-16-12-13-21-34(28)39(35)36-26-29-17-10-11-18-30(29)27-38(36)40-37/h4-19,21-27,33,37,40H,1-3,20H2/b25-23+,31-14+,32-15+. The monoisotopic (exact) mass is 563 g/mol. The first kappa shape index (κ1) is 27.5. The zero-order valence-electron chi connectivity index (χ0n) is 23.6. The predicted molar refractivity (Wildman–Crippen MR) is 183 cm³/mol. The first-order valence-corrected chi connectivity index (χ1v) is 16.1. The first-order chi connectivity index (χ1) is 20.6. The fourth-order valence-corrected chi connectivity index (χ4v) is 9.27. The van der Waals surface area contributed by atoms with E-state index in [4.69, 9.17) is 0 Å². The molecule has 3 atom stereocenters. The summed E-state index contributed by atoms with van der Waals surface area (Å²) in [7, 11) is -3.13. The Balaban J connectivity index is 1.51. The van der Waals surface area contributed by atoms with Crippen molar-refractivity contribution in [1.82, 2.24) is 0 Å². The molecule has 2 nitrogen and oxygen atoms in total. The van der Waals surface area contributed by atoms with Gasteiger partial charge in [-0.3, -0.25) is 0 Å². The number of fused-ring (bicyclic) bond motifs is 6. The summed E-state index contributed by atoms with van der Waals surface area (Å²) < 4.78 is 15.2. The van der Waals surface area contributed by atoms with E-state index < -0.39 is 7.14 Å². The van der Waals surface area contributed by atoms with E-state index in [1.165, 1.54) is 38.2 Å². The Bertz CT molecular complexity index is 1930. The third-order valence-corrected chi connectivity index (χ3v) is 11.7.